The predicted molar refractivity (Wildman–Crippen MR) is 304 cm³/mol. The van der Waals surface area contributed by atoms with Crippen molar-refractivity contribution >= 4 is 68.7 Å². The van der Waals surface area contributed by atoms with Crippen LogP contribution < -0.4 is 36.5 Å². The summed E-state index contributed by atoms with van der Waals surface area (Å²) >= 11 is 0. The molecule has 81 heavy (non-hydrogen) atoms. The maximum atomic E-state index is 12.5. The van der Waals surface area contributed by atoms with E-state index in [-0.39, 0.29) is 32.1 Å². The molecule has 0 bridgehead atoms. The van der Waals surface area contributed by atoms with E-state index in [0.717, 1.165) is 37.4 Å². The molecule has 0 saturated carbocycles. The molecule has 6 N–H and O–H groups in total. The fraction of sp³-hybridized carbons (Fsp3) is 0.263. The zero-order chi connectivity index (χ0) is 56.0. The number of nitro groups is 1. The fourth-order valence-corrected chi connectivity index (χ4v) is 8.75. The number of anilines is 7. The summed E-state index contributed by atoms with van der Waals surface area (Å²) in [6.45, 7) is 11.5. The number of nitrogen functional groups attached to an aromatic ring is 1. The number of nitrogens with two attached hydrogens (primary N) is 1. The molecule has 0 atom stereocenters. The summed E-state index contributed by atoms with van der Waals surface area (Å²) in [4.78, 5) is 40.1. The van der Waals surface area contributed by atoms with Gasteiger partial charge in [0.25, 0.3) is 0 Å². The standard InChI is InChI=1S/C28H27N7O6.C28H29N7O4.CH4/c1-19-23(32-28(36)40-15-12-33-10-13-39-14-11-33)18-34-27(19)26(20(16-29)17-30-34)31-21-6-8-22(9-7-21)41-25-5-3-2-4-24(25)35(37)38;1-19-24(33-28(36)38-15-12-34-10-13-37-14-11-34)18-35-27(19)26(20(16-29)17-31-35)32-21-6-8-22(9-7-21)39-25-5-3-2-4-23(25)30;/h2-9,17-18,31H,10-15H2,1H3,(H,32,36);2-9,17-18,32H,10-15,30H2,1H3,(H,33,36);1H4. The third kappa shape index (κ3) is 14.4. The summed E-state index contributed by atoms with van der Waals surface area (Å²) in [5.41, 5.74) is 13.2. The average Bonchev–Trinajstić information content (AvgIpc) is 4.00. The first-order valence-electron chi connectivity index (χ1n) is 25.4. The number of nitrogens with one attached hydrogen (secondary N) is 4. The number of hydrogen-bond donors (Lipinski definition) is 5. The van der Waals surface area contributed by atoms with Crippen molar-refractivity contribution in [3.8, 4) is 35.1 Å². The van der Waals surface area contributed by atoms with Gasteiger partial charge in [-0.15, -0.1) is 0 Å². The second-order valence-electron chi connectivity index (χ2n) is 18.2. The maximum Gasteiger partial charge on any atom is 0.411 e. The van der Waals surface area contributed by atoms with Crippen LogP contribution in [0.3, 0.4) is 0 Å². The molecule has 4 aromatic heterocycles. The van der Waals surface area contributed by atoms with Crippen molar-refractivity contribution < 1.29 is 42.9 Å². The molecule has 2 amide bonds. The maximum absolute atomic E-state index is 12.5. The van der Waals surface area contributed by atoms with Crippen LogP contribution in [0.4, 0.5) is 55.1 Å². The monoisotopic (exact) mass is 1100 g/mol. The number of aromatic nitrogens is 4. The Morgan fingerprint density at radius 2 is 1.07 bits per heavy atom. The Balaban J connectivity index is 0.000000210. The van der Waals surface area contributed by atoms with Crippen LogP contribution in [0.5, 0.6) is 23.0 Å². The molecule has 0 unspecified atom stereocenters. The van der Waals surface area contributed by atoms with Crippen LogP contribution in [0.1, 0.15) is 29.7 Å². The summed E-state index contributed by atoms with van der Waals surface area (Å²) in [5.74, 6) is 1.73. The number of nitriles is 2. The molecule has 418 valence electrons. The van der Waals surface area contributed by atoms with Crippen molar-refractivity contribution in [2.45, 2.75) is 21.3 Å². The number of aryl methyl sites for hydroxylation is 2. The van der Waals surface area contributed by atoms with Crippen LogP contribution in [0, 0.1) is 46.6 Å². The number of para-hydroxylation sites is 4. The summed E-state index contributed by atoms with van der Waals surface area (Å²) in [6.07, 6.45) is 5.14. The summed E-state index contributed by atoms with van der Waals surface area (Å²) in [7, 11) is 0. The van der Waals surface area contributed by atoms with Gasteiger partial charge >= 0.3 is 17.9 Å². The highest BCUT2D eigenvalue weighted by molar-refractivity contribution is 5.94. The van der Waals surface area contributed by atoms with Crippen molar-refractivity contribution in [2.75, 3.05) is 106 Å². The lowest BCUT2D eigenvalue weighted by atomic mass is 10.1. The van der Waals surface area contributed by atoms with Crippen molar-refractivity contribution in [2.24, 2.45) is 0 Å². The second kappa shape index (κ2) is 27.1. The van der Waals surface area contributed by atoms with E-state index in [1.54, 1.807) is 70.0 Å². The number of carbonyl (C=O) groups excluding carboxylic acids is 2. The number of nitro benzene ring substituents is 1. The summed E-state index contributed by atoms with van der Waals surface area (Å²) in [5, 5.41) is 51.6. The molecule has 4 aromatic carbocycles. The predicted octanol–water partition coefficient (Wildman–Crippen LogP) is 9.99. The molecule has 0 aliphatic carbocycles. The lowest BCUT2D eigenvalue weighted by Gasteiger charge is -2.26. The Labute approximate surface area is 466 Å². The lowest BCUT2D eigenvalue weighted by Crippen LogP contribution is -2.38. The number of benzene rings is 4. The van der Waals surface area contributed by atoms with Crippen LogP contribution in [0.25, 0.3) is 11.0 Å². The van der Waals surface area contributed by atoms with E-state index in [9.17, 15) is 30.2 Å². The number of fused-ring (bicyclic) bond motifs is 2. The van der Waals surface area contributed by atoms with Crippen molar-refractivity contribution in [3.63, 3.8) is 0 Å². The van der Waals surface area contributed by atoms with Gasteiger partial charge in [0.05, 0.1) is 107 Å². The van der Waals surface area contributed by atoms with E-state index in [0.29, 0.717) is 119 Å². The minimum Gasteiger partial charge on any atom is -0.455 e. The first kappa shape index (κ1) is 57.2. The quantitative estimate of drug-likeness (QED) is 0.0322. The highest BCUT2D eigenvalue weighted by Gasteiger charge is 2.21. The number of amides is 2. The number of nitrogens with zero attached hydrogens (tertiary/aromatic N) is 9. The SMILES string of the molecule is C.Cc1c(NC(=O)OCCN2CCOCC2)cn2ncc(C#N)c(Nc3ccc(Oc4ccccc4N)cc3)c12.Cc1c(NC(=O)OCCN2CCOCC2)cn2ncc(C#N)c(Nc3ccc(Oc4ccccc4[N+](=O)[O-])cc3)c12. The molecule has 10 rings (SSSR count). The van der Waals surface area contributed by atoms with Gasteiger partial charge in [0.1, 0.15) is 42.6 Å². The Morgan fingerprint density at radius 3 is 1.51 bits per heavy atom. The normalized spacial score (nSPS) is 13.3. The Kier molecular flexibility index (Phi) is 19.1. The van der Waals surface area contributed by atoms with E-state index < -0.39 is 17.1 Å². The van der Waals surface area contributed by atoms with Gasteiger partial charge in [0.2, 0.25) is 5.75 Å². The lowest BCUT2D eigenvalue weighted by molar-refractivity contribution is -0.385. The van der Waals surface area contributed by atoms with Crippen molar-refractivity contribution in [1.29, 1.82) is 10.5 Å². The molecule has 0 radical (unpaired) electrons. The number of carbonyl (C=O) groups is 2. The largest absolute Gasteiger partial charge is 0.455 e. The fourth-order valence-electron chi connectivity index (χ4n) is 8.75. The van der Waals surface area contributed by atoms with Crippen molar-refractivity contribution in [3.05, 3.63) is 154 Å². The smallest absolute Gasteiger partial charge is 0.411 e. The van der Waals surface area contributed by atoms with E-state index in [4.69, 9.17) is 34.2 Å². The molecule has 2 saturated heterocycles. The van der Waals surface area contributed by atoms with Gasteiger partial charge in [0, 0.05) is 67.8 Å². The number of hydrogen-bond acceptors (Lipinski definition) is 19. The molecule has 0 spiro atoms. The third-order valence-corrected chi connectivity index (χ3v) is 13.0. The topological polar surface area (TPSA) is 295 Å². The number of ether oxygens (including phenoxy) is 6. The van der Waals surface area contributed by atoms with Crippen LogP contribution in [0.15, 0.2) is 122 Å². The Bertz CT molecular complexity index is 3580. The second-order valence-corrected chi connectivity index (χ2v) is 18.2. The first-order valence-corrected chi connectivity index (χ1v) is 25.4. The molecule has 2 aliphatic rings. The van der Waals surface area contributed by atoms with Gasteiger partial charge < -0.3 is 44.8 Å². The van der Waals surface area contributed by atoms with Crippen LogP contribution in [-0.2, 0) is 18.9 Å². The molecular formula is C57H60N14O10. The minimum absolute atomic E-state index is 0. The number of morpholine rings is 2. The molecule has 6 heterocycles. The van der Waals surface area contributed by atoms with E-state index >= 15 is 0 Å². The molecule has 8 aromatic rings. The number of rotatable bonds is 17. The molecular weight excluding hydrogens is 1040 g/mol. The van der Waals surface area contributed by atoms with Gasteiger partial charge in [-0.3, -0.25) is 30.5 Å². The minimum atomic E-state index is -0.582. The van der Waals surface area contributed by atoms with Gasteiger partial charge in [-0.25, -0.2) is 18.6 Å². The highest BCUT2D eigenvalue weighted by atomic mass is 16.6. The van der Waals surface area contributed by atoms with Gasteiger partial charge in [-0.1, -0.05) is 31.7 Å². The molecule has 24 nitrogen and oxygen atoms in total. The summed E-state index contributed by atoms with van der Waals surface area (Å²) < 4.78 is 36.2. The van der Waals surface area contributed by atoms with E-state index in [1.165, 1.54) is 24.5 Å². The average molecular weight is 1100 g/mol. The van der Waals surface area contributed by atoms with Gasteiger partial charge in [-0.2, -0.15) is 20.7 Å². The Hall–Kier alpha value is -9.98. The van der Waals surface area contributed by atoms with Crippen LogP contribution >= 0.6 is 0 Å². The zero-order valence-electron chi connectivity index (χ0n) is 43.7. The van der Waals surface area contributed by atoms with Gasteiger partial charge in [0.15, 0.2) is 0 Å². The highest BCUT2D eigenvalue weighted by Crippen LogP contribution is 2.36. The van der Waals surface area contributed by atoms with Crippen molar-refractivity contribution in [1.82, 2.24) is 29.0 Å². The van der Waals surface area contributed by atoms with Crippen LogP contribution in [0.2, 0.25) is 0 Å². The molecule has 24 heteroatoms. The van der Waals surface area contributed by atoms with E-state index in [2.05, 4.69) is 53.4 Å². The third-order valence-electron chi connectivity index (χ3n) is 13.0. The summed E-state index contributed by atoms with van der Waals surface area (Å²) in [6, 6.07) is 31.8. The molecule has 2 fully saturated rings. The first-order chi connectivity index (χ1) is 38.9. The van der Waals surface area contributed by atoms with Crippen LogP contribution in [-0.4, -0.2) is 125 Å². The zero-order valence-corrected chi connectivity index (χ0v) is 43.7. The molecule has 2 aliphatic heterocycles. The van der Waals surface area contributed by atoms with E-state index in [1.807, 2.05) is 50.2 Å². The Morgan fingerprint density at radius 1 is 0.654 bits per heavy atom. The van der Waals surface area contributed by atoms with Gasteiger partial charge in [-0.05, 0) is 80.6 Å².